The lowest BCUT2D eigenvalue weighted by molar-refractivity contribution is 0.103. The number of imidazole rings is 1. The molecule has 0 N–H and O–H groups in total. The summed E-state index contributed by atoms with van der Waals surface area (Å²) in [6, 6.07) is 16.5. The van der Waals surface area contributed by atoms with Crippen LogP contribution in [0.2, 0.25) is 0 Å². The molecule has 0 spiro atoms. The number of carbonyl (C=O) groups excluding carboxylic acids is 1. The summed E-state index contributed by atoms with van der Waals surface area (Å²) in [6.07, 6.45) is 9.31. The Bertz CT molecular complexity index is 1460. The Labute approximate surface area is 210 Å². The minimum Gasteiger partial charge on any atom is -0.306 e. The molecule has 0 aliphatic carbocycles. The molecule has 0 aliphatic heterocycles. The van der Waals surface area contributed by atoms with E-state index in [4.69, 9.17) is 0 Å². The van der Waals surface area contributed by atoms with Crippen molar-refractivity contribution in [3.8, 4) is 16.8 Å². The van der Waals surface area contributed by atoms with E-state index in [2.05, 4.69) is 35.9 Å². The molecule has 0 saturated heterocycles. The van der Waals surface area contributed by atoms with E-state index in [0.29, 0.717) is 22.5 Å². The summed E-state index contributed by atoms with van der Waals surface area (Å²) in [4.78, 5) is 28.7. The van der Waals surface area contributed by atoms with Crippen molar-refractivity contribution in [3.05, 3.63) is 125 Å². The van der Waals surface area contributed by atoms with Crippen molar-refractivity contribution in [2.45, 2.75) is 13.8 Å². The Morgan fingerprint density at radius 2 is 1.77 bits per heavy atom. The molecule has 0 bridgehead atoms. The zero-order valence-electron chi connectivity index (χ0n) is 19.1. The van der Waals surface area contributed by atoms with Gasteiger partial charge in [0.2, 0.25) is 5.78 Å². The molecule has 0 saturated carbocycles. The number of nitrogens with zero attached hydrogens (tertiary/aromatic N) is 5. The minimum atomic E-state index is -0.387. The first-order valence-electron chi connectivity index (χ1n) is 10.7. The average Bonchev–Trinajstić information content (AvgIpc) is 3.37. The SMILES string of the molecule is Cc1cccnc1Br.Cc1ccnc(C(=O)c2cn(-c3cccc(-c4ccncc4F)c3)cn2)c1. The Kier molecular flexibility index (Phi) is 7.52. The number of aryl methyl sites for hydroxylation is 2. The van der Waals surface area contributed by atoms with E-state index >= 15 is 0 Å². The van der Waals surface area contributed by atoms with E-state index < -0.39 is 0 Å². The van der Waals surface area contributed by atoms with Crippen LogP contribution in [0.3, 0.4) is 0 Å². The Balaban J connectivity index is 0.000000308. The minimum absolute atomic E-state index is 0.242. The number of halogens is 2. The molecule has 4 aromatic heterocycles. The van der Waals surface area contributed by atoms with Crippen LogP contribution < -0.4 is 0 Å². The van der Waals surface area contributed by atoms with Crippen LogP contribution in [0.15, 0.2) is 96.5 Å². The Hall–Kier alpha value is -4.04. The standard InChI is InChI=1S/C21H15FN4O.C6H6BrN/c1-14-5-8-24-19(9-14)21(27)20-12-26(13-25-20)16-4-2-3-15(10-16)17-6-7-23-11-18(17)22;1-5-3-2-4-8-6(5)7/h2-13H,1H3;2-4H,1H3. The van der Waals surface area contributed by atoms with Crippen molar-refractivity contribution >= 4 is 21.7 Å². The summed E-state index contributed by atoms with van der Waals surface area (Å²) < 4.78 is 16.7. The van der Waals surface area contributed by atoms with E-state index in [-0.39, 0.29) is 11.6 Å². The maximum Gasteiger partial charge on any atom is 0.231 e. The van der Waals surface area contributed by atoms with Crippen molar-refractivity contribution < 1.29 is 9.18 Å². The number of aromatic nitrogens is 5. The third-order valence-corrected chi connectivity index (χ3v) is 5.97. The van der Waals surface area contributed by atoms with E-state index in [1.165, 1.54) is 11.8 Å². The number of pyridine rings is 3. The largest absolute Gasteiger partial charge is 0.306 e. The van der Waals surface area contributed by atoms with Gasteiger partial charge < -0.3 is 4.57 Å². The zero-order chi connectivity index (χ0) is 24.8. The van der Waals surface area contributed by atoms with Crippen LogP contribution in [-0.2, 0) is 0 Å². The number of benzene rings is 1. The van der Waals surface area contributed by atoms with Crippen LogP contribution in [0.5, 0.6) is 0 Å². The molecular weight excluding hydrogens is 509 g/mol. The number of carbonyl (C=O) groups is 1. The molecule has 4 heterocycles. The molecule has 0 radical (unpaired) electrons. The van der Waals surface area contributed by atoms with Crippen molar-refractivity contribution in [1.29, 1.82) is 0 Å². The summed E-state index contributed by atoms with van der Waals surface area (Å²) in [5, 5.41) is 0. The maximum atomic E-state index is 14.0. The highest BCUT2D eigenvalue weighted by atomic mass is 79.9. The Morgan fingerprint density at radius 1 is 0.914 bits per heavy atom. The van der Waals surface area contributed by atoms with E-state index in [1.807, 2.05) is 56.3 Å². The van der Waals surface area contributed by atoms with Crippen molar-refractivity contribution in [1.82, 2.24) is 24.5 Å². The van der Waals surface area contributed by atoms with Crippen LogP contribution in [0.4, 0.5) is 4.39 Å². The lowest BCUT2D eigenvalue weighted by atomic mass is 10.1. The molecule has 8 heteroatoms. The molecule has 5 rings (SSSR count). The first-order valence-corrected chi connectivity index (χ1v) is 11.5. The lowest BCUT2D eigenvalue weighted by Gasteiger charge is -2.07. The van der Waals surface area contributed by atoms with Crippen LogP contribution in [0.1, 0.15) is 27.3 Å². The summed E-state index contributed by atoms with van der Waals surface area (Å²) in [7, 11) is 0. The van der Waals surface area contributed by atoms with Crippen LogP contribution in [0, 0.1) is 19.7 Å². The third-order valence-electron chi connectivity index (χ3n) is 5.14. The van der Waals surface area contributed by atoms with Gasteiger partial charge in [0.15, 0.2) is 0 Å². The maximum absolute atomic E-state index is 14.0. The third kappa shape index (κ3) is 5.91. The number of rotatable bonds is 4. The fraction of sp³-hybridized carbons (Fsp3) is 0.0741. The molecule has 1 aromatic carbocycles. The van der Waals surface area contributed by atoms with Gasteiger partial charge in [0.1, 0.15) is 28.1 Å². The highest BCUT2D eigenvalue weighted by Crippen LogP contribution is 2.24. The number of hydrogen-bond acceptors (Lipinski definition) is 5. The van der Waals surface area contributed by atoms with Crippen LogP contribution in [-0.4, -0.2) is 30.3 Å². The fourth-order valence-corrected chi connectivity index (χ4v) is 3.53. The molecule has 6 nitrogen and oxygen atoms in total. The molecule has 174 valence electrons. The van der Waals surface area contributed by atoms with Gasteiger partial charge in [0, 0.05) is 36.0 Å². The first kappa shape index (κ1) is 24.1. The normalized spacial score (nSPS) is 10.4. The highest BCUT2D eigenvalue weighted by Gasteiger charge is 2.14. The second-order valence-corrected chi connectivity index (χ2v) is 8.48. The van der Waals surface area contributed by atoms with Crippen molar-refractivity contribution in [3.63, 3.8) is 0 Å². The van der Waals surface area contributed by atoms with Crippen molar-refractivity contribution in [2.75, 3.05) is 0 Å². The fourth-order valence-electron chi connectivity index (χ4n) is 3.28. The lowest BCUT2D eigenvalue weighted by Crippen LogP contribution is -2.04. The molecule has 0 unspecified atom stereocenters. The van der Waals surface area contributed by atoms with Gasteiger partial charge in [-0.3, -0.25) is 14.8 Å². The van der Waals surface area contributed by atoms with E-state index in [1.54, 1.807) is 47.8 Å². The number of ketones is 1. The molecule has 35 heavy (non-hydrogen) atoms. The second-order valence-electron chi connectivity index (χ2n) is 7.73. The van der Waals surface area contributed by atoms with Gasteiger partial charge >= 0.3 is 0 Å². The van der Waals surface area contributed by atoms with Crippen LogP contribution in [0.25, 0.3) is 16.8 Å². The van der Waals surface area contributed by atoms with E-state index in [0.717, 1.165) is 15.9 Å². The summed E-state index contributed by atoms with van der Waals surface area (Å²) in [5.41, 5.74) is 4.74. The quantitative estimate of drug-likeness (QED) is 0.206. The molecule has 0 amide bonds. The highest BCUT2D eigenvalue weighted by molar-refractivity contribution is 9.10. The average molecular weight is 530 g/mol. The van der Waals surface area contributed by atoms with Gasteiger partial charge in [-0.25, -0.2) is 14.4 Å². The molecule has 0 fully saturated rings. The first-order chi connectivity index (χ1) is 16.9. The van der Waals surface area contributed by atoms with Gasteiger partial charge in [-0.2, -0.15) is 0 Å². The van der Waals surface area contributed by atoms with E-state index in [9.17, 15) is 9.18 Å². The predicted molar refractivity (Wildman–Crippen MR) is 136 cm³/mol. The van der Waals surface area contributed by atoms with Gasteiger partial charge in [-0.1, -0.05) is 18.2 Å². The molecule has 0 aliphatic rings. The Morgan fingerprint density at radius 3 is 2.49 bits per heavy atom. The smallest absolute Gasteiger partial charge is 0.231 e. The van der Waals surface area contributed by atoms with Gasteiger partial charge in [-0.15, -0.1) is 0 Å². The predicted octanol–water partition coefficient (Wildman–Crippen LogP) is 6.16. The topological polar surface area (TPSA) is 73.6 Å². The van der Waals surface area contributed by atoms with Gasteiger partial charge in [0.25, 0.3) is 0 Å². The second kappa shape index (κ2) is 10.9. The zero-order valence-corrected chi connectivity index (χ0v) is 20.6. The summed E-state index contributed by atoms with van der Waals surface area (Å²) >= 11 is 3.28. The van der Waals surface area contributed by atoms with Gasteiger partial charge in [-0.05, 0) is 82.9 Å². The summed E-state index contributed by atoms with van der Waals surface area (Å²) in [6.45, 7) is 3.91. The van der Waals surface area contributed by atoms with Crippen molar-refractivity contribution in [2.24, 2.45) is 0 Å². The van der Waals surface area contributed by atoms with Crippen LogP contribution >= 0.6 is 15.9 Å². The van der Waals surface area contributed by atoms with Gasteiger partial charge in [0.05, 0.1) is 6.20 Å². The summed E-state index contributed by atoms with van der Waals surface area (Å²) in [5.74, 6) is -0.629. The monoisotopic (exact) mass is 529 g/mol. The number of hydrogen-bond donors (Lipinski definition) is 0. The molecule has 5 aromatic rings. The molecular formula is C27H21BrFN5O. The molecule has 0 atom stereocenters.